The maximum absolute atomic E-state index is 13.3. The molecule has 1 aliphatic rings. The molecule has 0 saturated heterocycles. The quantitative estimate of drug-likeness (QED) is 0.132. The number of amides is 4. The third-order valence-corrected chi connectivity index (χ3v) is 7.82. The first-order chi connectivity index (χ1) is 19.8. The topological polar surface area (TPSA) is 95.6 Å². The van der Waals surface area contributed by atoms with Crippen molar-refractivity contribution in [2.24, 2.45) is 0 Å². The number of anilines is 1. The van der Waals surface area contributed by atoms with Gasteiger partial charge in [-0.05, 0) is 66.7 Å². The minimum atomic E-state index is -0.586. The van der Waals surface area contributed by atoms with Gasteiger partial charge in [0.25, 0.3) is 23.6 Å². The van der Waals surface area contributed by atoms with Gasteiger partial charge in [-0.15, -0.1) is 11.8 Å². The molecule has 0 aliphatic carbocycles. The second kappa shape index (κ2) is 12.4. The molecule has 4 aromatic carbocycles. The largest absolute Gasteiger partial charge is 0.321 e. The van der Waals surface area contributed by atoms with E-state index in [-0.39, 0.29) is 23.4 Å². The number of fused-ring (bicyclic) bond motifs is 1. The molecule has 0 radical (unpaired) electrons. The molecule has 2 N–H and O–H groups in total. The van der Waals surface area contributed by atoms with Crippen LogP contribution < -0.4 is 10.6 Å². The van der Waals surface area contributed by atoms with E-state index < -0.39 is 11.8 Å². The van der Waals surface area contributed by atoms with Gasteiger partial charge in [0.15, 0.2) is 0 Å². The molecule has 4 aromatic rings. The van der Waals surface area contributed by atoms with Crippen molar-refractivity contribution in [2.45, 2.75) is 4.90 Å². The van der Waals surface area contributed by atoms with Gasteiger partial charge in [0.1, 0.15) is 5.70 Å². The summed E-state index contributed by atoms with van der Waals surface area (Å²) in [5, 5.41) is 6.06. The highest BCUT2D eigenvalue weighted by Gasteiger charge is 2.34. The first kappa shape index (κ1) is 28.2. The van der Waals surface area contributed by atoms with E-state index in [1.165, 1.54) is 22.7 Å². The zero-order valence-corrected chi connectivity index (χ0v) is 23.6. The summed E-state index contributed by atoms with van der Waals surface area (Å²) in [7, 11) is 0. The fraction of sp³-hybridized carbons (Fsp3) is 0.0323. The van der Waals surface area contributed by atoms with Crippen molar-refractivity contribution in [2.75, 3.05) is 11.2 Å². The lowest BCUT2D eigenvalue weighted by Gasteiger charge is -2.14. The average Bonchev–Trinajstić information content (AvgIpc) is 3.23. The van der Waals surface area contributed by atoms with Crippen LogP contribution in [0, 0.1) is 0 Å². The van der Waals surface area contributed by atoms with Gasteiger partial charge in [0.05, 0.1) is 17.0 Å². The maximum atomic E-state index is 13.3. The molecular formula is C31H21Cl2N3O4S. The molecule has 0 spiro atoms. The number of carbonyl (C=O) groups excluding carboxylic acids is 4. The number of nitrogens with one attached hydrogen (secondary N) is 2. The molecule has 0 saturated carbocycles. The Morgan fingerprint density at radius 1 is 0.756 bits per heavy atom. The number of hydrogen-bond acceptors (Lipinski definition) is 5. The predicted octanol–water partition coefficient (Wildman–Crippen LogP) is 6.75. The molecular weight excluding hydrogens is 581 g/mol. The van der Waals surface area contributed by atoms with Gasteiger partial charge < -0.3 is 10.6 Å². The van der Waals surface area contributed by atoms with E-state index in [9.17, 15) is 19.2 Å². The van der Waals surface area contributed by atoms with E-state index in [0.717, 1.165) is 4.90 Å². The summed E-state index contributed by atoms with van der Waals surface area (Å²) >= 11 is 13.9. The predicted molar refractivity (Wildman–Crippen MR) is 161 cm³/mol. The number of hydrogen-bond donors (Lipinski definition) is 2. The SMILES string of the molecule is O=C(Nc1ccc(SCN2C(=O)c3ccccc3C2=O)cc1)/C(=C/c1c(Cl)cccc1Cl)NC(=O)c1ccccc1. The van der Waals surface area contributed by atoms with Crippen LogP contribution in [-0.4, -0.2) is 34.4 Å². The summed E-state index contributed by atoms with van der Waals surface area (Å²) < 4.78 is 0. The van der Waals surface area contributed by atoms with Gasteiger partial charge in [-0.3, -0.25) is 24.1 Å². The molecule has 41 heavy (non-hydrogen) atoms. The average molecular weight is 602 g/mol. The molecule has 5 rings (SSSR count). The van der Waals surface area contributed by atoms with Crippen LogP contribution in [0.5, 0.6) is 0 Å². The van der Waals surface area contributed by atoms with Crippen LogP contribution in [0.1, 0.15) is 36.6 Å². The van der Waals surface area contributed by atoms with Crippen LogP contribution >= 0.6 is 35.0 Å². The lowest BCUT2D eigenvalue weighted by molar-refractivity contribution is -0.113. The Labute approximate surface area is 250 Å². The minimum absolute atomic E-state index is 0.0575. The number of carbonyl (C=O) groups is 4. The Morgan fingerprint density at radius 2 is 1.34 bits per heavy atom. The van der Waals surface area contributed by atoms with Crippen molar-refractivity contribution in [1.82, 2.24) is 10.2 Å². The van der Waals surface area contributed by atoms with Crippen molar-refractivity contribution in [1.29, 1.82) is 0 Å². The van der Waals surface area contributed by atoms with Gasteiger partial charge in [-0.2, -0.15) is 0 Å². The molecule has 0 atom stereocenters. The van der Waals surface area contributed by atoms with Crippen LogP contribution in [0.2, 0.25) is 10.0 Å². The Bertz CT molecular complexity index is 1640. The molecule has 7 nitrogen and oxygen atoms in total. The molecule has 0 aromatic heterocycles. The zero-order valence-electron chi connectivity index (χ0n) is 21.3. The van der Waals surface area contributed by atoms with Crippen LogP contribution in [-0.2, 0) is 4.79 Å². The number of thioether (sulfide) groups is 1. The molecule has 1 aliphatic heterocycles. The Morgan fingerprint density at radius 3 is 1.95 bits per heavy atom. The summed E-state index contributed by atoms with van der Waals surface area (Å²) in [5.41, 5.74) is 1.96. The fourth-order valence-corrected chi connectivity index (χ4v) is 5.41. The van der Waals surface area contributed by atoms with Gasteiger partial charge in [-0.25, -0.2) is 0 Å². The summed E-state index contributed by atoms with van der Waals surface area (Å²) in [6.07, 6.45) is 1.42. The Kier molecular flexibility index (Phi) is 8.54. The second-order valence-corrected chi connectivity index (χ2v) is 10.7. The highest BCUT2D eigenvalue weighted by molar-refractivity contribution is 7.99. The standard InChI is InChI=1S/C31H21Cl2N3O4S/c32-25-11-6-12-26(33)24(25)17-27(35-28(37)19-7-2-1-3-8-19)29(38)34-20-13-15-21(16-14-20)41-18-36-30(39)22-9-4-5-10-23(22)31(36)40/h1-17H,18H2,(H,34,38)(H,35,37)/b27-17-. The van der Waals surface area contributed by atoms with E-state index in [1.54, 1.807) is 97.1 Å². The van der Waals surface area contributed by atoms with Crippen molar-refractivity contribution in [3.63, 3.8) is 0 Å². The molecule has 1 heterocycles. The minimum Gasteiger partial charge on any atom is -0.321 e. The smallest absolute Gasteiger partial charge is 0.272 e. The van der Waals surface area contributed by atoms with Crippen molar-refractivity contribution in [3.8, 4) is 0 Å². The molecule has 4 amide bonds. The van der Waals surface area contributed by atoms with E-state index in [2.05, 4.69) is 10.6 Å². The first-order valence-corrected chi connectivity index (χ1v) is 14.1. The van der Waals surface area contributed by atoms with E-state index >= 15 is 0 Å². The number of halogens is 2. The summed E-state index contributed by atoms with van der Waals surface area (Å²) in [6.45, 7) is 0. The number of rotatable bonds is 8. The molecule has 204 valence electrons. The Hall–Kier alpha value is -4.37. The molecule has 0 bridgehead atoms. The lowest BCUT2D eigenvalue weighted by Crippen LogP contribution is -2.30. The van der Waals surface area contributed by atoms with Crippen molar-refractivity contribution >= 4 is 70.4 Å². The summed E-state index contributed by atoms with van der Waals surface area (Å²) in [6, 6.07) is 27.0. The molecule has 0 unspecified atom stereocenters. The third kappa shape index (κ3) is 6.36. The van der Waals surface area contributed by atoms with Gasteiger partial charge >= 0.3 is 0 Å². The van der Waals surface area contributed by atoms with Crippen molar-refractivity contribution < 1.29 is 19.2 Å². The second-order valence-electron chi connectivity index (χ2n) is 8.85. The Balaban J connectivity index is 1.29. The highest BCUT2D eigenvalue weighted by atomic mass is 35.5. The van der Waals surface area contributed by atoms with Gasteiger partial charge in [-0.1, -0.05) is 59.6 Å². The maximum Gasteiger partial charge on any atom is 0.272 e. The normalized spacial score (nSPS) is 12.7. The zero-order chi connectivity index (χ0) is 28.9. The summed E-state index contributed by atoms with van der Waals surface area (Å²) in [5.74, 6) is -1.56. The van der Waals surface area contributed by atoms with Crippen LogP contribution in [0.3, 0.4) is 0 Å². The van der Waals surface area contributed by atoms with E-state index in [4.69, 9.17) is 23.2 Å². The van der Waals surface area contributed by atoms with Gasteiger partial charge in [0, 0.05) is 31.8 Å². The molecule has 10 heteroatoms. The van der Waals surface area contributed by atoms with Crippen LogP contribution in [0.25, 0.3) is 6.08 Å². The molecule has 0 fully saturated rings. The number of benzene rings is 4. The monoisotopic (exact) mass is 601 g/mol. The van der Waals surface area contributed by atoms with E-state index in [0.29, 0.717) is 38.0 Å². The van der Waals surface area contributed by atoms with Crippen LogP contribution in [0.15, 0.2) is 108 Å². The highest BCUT2D eigenvalue weighted by Crippen LogP contribution is 2.29. The van der Waals surface area contributed by atoms with E-state index in [1.807, 2.05) is 0 Å². The number of imide groups is 1. The lowest BCUT2D eigenvalue weighted by atomic mass is 10.1. The van der Waals surface area contributed by atoms with Crippen LogP contribution in [0.4, 0.5) is 5.69 Å². The van der Waals surface area contributed by atoms with Gasteiger partial charge in [0.2, 0.25) is 0 Å². The third-order valence-electron chi connectivity index (χ3n) is 6.17. The first-order valence-electron chi connectivity index (χ1n) is 12.3. The number of nitrogens with zero attached hydrogens (tertiary/aromatic N) is 1. The fourth-order valence-electron chi connectivity index (χ4n) is 4.06. The summed E-state index contributed by atoms with van der Waals surface area (Å²) in [4.78, 5) is 53.4. The van der Waals surface area contributed by atoms with Crippen molar-refractivity contribution in [3.05, 3.63) is 135 Å².